The molecule has 0 aromatic heterocycles. The Morgan fingerprint density at radius 1 is 1.04 bits per heavy atom. The molecule has 1 unspecified atom stereocenters. The molecular weight excluding hydrogens is 302 g/mol. The molecule has 2 aromatic carbocycles. The molecule has 0 aliphatic carbocycles. The lowest BCUT2D eigenvalue weighted by molar-refractivity contribution is -0.122. The number of hydrogen-bond acceptors (Lipinski definition) is 3. The third-order valence-electron chi connectivity index (χ3n) is 3.71. The first-order chi connectivity index (χ1) is 11.5. The van der Waals surface area contributed by atoms with Crippen molar-refractivity contribution >= 4 is 17.5 Å². The summed E-state index contributed by atoms with van der Waals surface area (Å²) >= 11 is 0. The Morgan fingerprint density at radius 2 is 1.67 bits per heavy atom. The number of hydrogen-bond donors (Lipinski definition) is 3. The van der Waals surface area contributed by atoms with Gasteiger partial charge in [0.1, 0.15) is 6.04 Å². The Morgan fingerprint density at radius 3 is 2.25 bits per heavy atom. The topological polar surface area (TPSA) is 84.2 Å². The predicted octanol–water partition coefficient (Wildman–Crippen LogP) is 2.31. The molecule has 24 heavy (non-hydrogen) atoms. The van der Waals surface area contributed by atoms with E-state index >= 15 is 0 Å². The van der Waals surface area contributed by atoms with Crippen LogP contribution >= 0.6 is 0 Å². The van der Waals surface area contributed by atoms with Crippen LogP contribution < -0.4 is 16.4 Å². The summed E-state index contributed by atoms with van der Waals surface area (Å²) in [5.41, 5.74) is 9.76. The van der Waals surface area contributed by atoms with Crippen LogP contribution in [0, 0.1) is 6.92 Å². The third-order valence-corrected chi connectivity index (χ3v) is 3.71. The van der Waals surface area contributed by atoms with Gasteiger partial charge in [-0.3, -0.25) is 9.59 Å². The molecule has 2 aromatic rings. The molecule has 0 aliphatic rings. The largest absolute Gasteiger partial charge is 0.354 e. The molecule has 0 saturated carbocycles. The molecule has 5 nitrogen and oxygen atoms in total. The van der Waals surface area contributed by atoms with E-state index in [4.69, 9.17) is 5.73 Å². The van der Waals surface area contributed by atoms with E-state index < -0.39 is 6.04 Å². The van der Waals surface area contributed by atoms with E-state index in [1.165, 1.54) is 6.92 Å². The smallest absolute Gasteiger partial charge is 0.241 e. The lowest BCUT2D eigenvalue weighted by Crippen LogP contribution is -2.35. The van der Waals surface area contributed by atoms with Gasteiger partial charge in [0, 0.05) is 19.2 Å². The fourth-order valence-electron chi connectivity index (χ4n) is 2.32. The fraction of sp³-hybridized carbons (Fsp3) is 0.263. The molecule has 0 saturated heterocycles. The van der Waals surface area contributed by atoms with Crippen molar-refractivity contribution in [2.75, 3.05) is 11.9 Å². The number of carbonyl (C=O) groups is 2. The number of aryl methyl sites for hydroxylation is 1. The molecule has 0 radical (unpaired) electrons. The van der Waals surface area contributed by atoms with Gasteiger partial charge < -0.3 is 16.4 Å². The van der Waals surface area contributed by atoms with Crippen LogP contribution in [0.15, 0.2) is 48.5 Å². The van der Waals surface area contributed by atoms with Crippen molar-refractivity contribution in [2.45, 2.75) is 26.3 Å². The second-order valence-corrected chi connectivity index (χ2v) is 5.81. The Bertz CT molecular complexity index is 694. The molecule has 0 bridgehead atoms. The van der Waals surface area contributed by atoms with Gasteiger partial charge in [0.25, 0.3) is 0 Å². The van der Waals surface area contributed by atoms with Gasteiger partial charge in [-0.25, -0.2) is 0 Å². The summed E-state index contributed by atoms with van der Waals surface area (Å²) in [6.07, 6.45) is 0.701. The summed E-state index contributed by atoms with van der Waals surface area (Å²) in [6.45, 7) is 3.98. The summed E-state index contributed by atoms with van der Waals surface area (Å²) in [5, 5.41) is 5.58. The molecular formula is C19H23N3O2. The van der Waals surface area contributed by atoms with Crippen LogP contribution in [0.25, 0.3) is 0 Å². The van der Waals surface area contributed by atoms with Crippen LogP contribution in [0.4, 0.5) is 5.69 Å². The number of anilines is 1. The molecule has 126 valence electrons. The van der Waals surface area contributed by atoms with E-state index in [-0.39, 0.29) is 11.8 Å². The minimum Gasteiger partial charge on any atom is -0.354 e. The van der Waals surface area contributed by atoms with E-state index in [1.807, 2.05) is 55.5 Å². The molecule has 4 N–H and O–H groups in total. The van der Waals surface area contributed by atoms with Crippen molar-refractivity contribution < 1.29 is 9.59 Å². The van der Waals surface area contributed by atoms with Gasteiger partial charge in [-0.2, -0.15) is 0 Å². The number of benzene rings is 2. The van der Waals surface area contributed by atoms with Gasteiger partial charge in [-0.15, -0.1) is 0 Å². The number of carbonyl (C=O) groups excluding carboxylic acids is 2. The van der Waals surface area contributed by atoms with Crippen LogP contribution in [0.3, 0.4) is 0 Å². The van der Waals surface area contributed by atoms with Gasteiger partial charge >= 0.3 is 0 Å². The van der Waals surface area contributed by atoms with Gasteiger partial charge in [-0.1, -0.05) is 42.0 Å². The van der Waals surface area contributed by atoms with Crippen LogP contribution in [0.5, 0.6) is 0 Å². The van der Waals surface area contributed by atoms with Gasteiger partial charge in [0.05, 0.1) is 0 Å². The molecule has 0 spiro atoms. The zero-order valence-electron chi connectivity index (χ0n) is 14.0. The summed E-state index contributed by atoms with van der Waals surface area (Å²) < 4.78 is 0. The highest BCUT2D eigenvalue weighted by Crippen LogP contribution is 2.12. The first-order valence-electron chi connectivity index (χ1n) is 7.92. The van der Waals surface area contributed by atoms with E-state index in [9.17, 15) is 9.59 Å². The highest BCUT2D eigenvalue weighted by atomic mass is 16.2. The summed E-state index contributed by atoms with van der Waals surface area (Å²) in [5.74, 6) is -0.283. The van der Waals surface area contributed by atoms with E-state index in [0.29, 0.717) is 13.0 Å². The summed E-state index contributed by atoms with van der Waals surface area (Å²) in [4.78, 5) is 23.1. The van der Waals surface area contributed by atoms with Crippen LogP contribution in [0.1, 0.15) is 29.7 Å². The zero-order valence-corrected chi connectivity index (χ0v) is 14.0. The Hall–Kier alpha value is -2.66. The SMILES string of the molecule is CC(=O)Nc1ccc(CCNC(=O)C(N)c2ccc(C)cc2)cc1. The molecule has 5 heteroatoms. The summed E-state index contributed by atoms with van der Waals surface area (Å²) in [6, 6.07) is 14.5. The van der Waals surface area contributed by atoms with Crippen molar-refractivity contribution in [2.24, 2.45) is 5.73 Å². The maximum atomic E-state index is 12.1. The van der Waals surface area contributed by atoms with Crippen molar-refractivity contribution in [3.8, 4) is 0 Å². The minimum absolute atomic E-state index is 0.0971. The predicted molar refractivity (Wildman–Crippen MR) is 95.6 cm³/mol. The van der Waals surface area contributed by atoms with Crippen molar-refractivity contribution in [1.82, 2.24) is 5.32 Å². The normalized spacial score (nSPS) is 11.6. The van der Waals surface area contributed by atoms with Crippen molar-refractivity contribution in [3.63, 3.8) is 0 Å². The first kappa shape index (κ1) is 17.7. The molecule has 0 fully saturated rings. The minimum atomic E-state index is -0.659. The Balaban J connectivity index is 1.81. The van der Waals surface area contributed by atoms with E-state index in [1.54, 1.807) is 0 Å². The highest BCUT2D eigenvalue weighted by molar-refractivity contribution is 5.88. The van der Waals surface area contributed by atoms with Gasteiger partial charge in [0.15, 0.2) is 0 Å². The maximum absolute atomic E-state index is 12.1. The van der Waals surface area contributed by atoms with Crippen LogP contribution in [-0.2, 0) is 16.0 Å². The standard InChI is InChI=1S/C19H23N3O2/c1-13-3-7-16(8-4-13)18(20)19(24)21-12-11-15-5-9-17(10-6-15)22-14(2)23/h3-10,18H,11-12,20H2,1-2H3,(H,21,24)(H,22,23). The summed E-state index contributed by atoms with van der Waals surface area (Å²) in [7, 11) is 0. The highest BCUT2D eigenvalue weighted by Gasteiger charge is 2.14. The molecule has 0 aliphatic heterocycles. The molecule has 0 heterocycles. The molecule has 2 amide bonds. The second kappa shape index (κ2) is 8.26. The monoisotopic (exact) mass is 325 g/mol. The van der Waals surface area contributed by atoms with Crippen molar-refractivity contribution in [1.29, 1.82) is 0 Å². The fourth-order valence-corrected chi connectivity index (χ4v) is 2.32. The van der Waals surface area contributed by atoms with Crippen molar-refractivity contribution in [3.05, 3.63) is 65.2 Å². The quantitative estimate of drug-likeness (QED) is 0.762. The lowest BCUT2D eigenvalue weighted by Gasteiger charge is -2.13. The average Bonchev–Trinajstić information content (AvgIpc) is 2.56. The van der Waals surface area contributed by atoms with Gasteiger partial charge in [-0.05, 0) is 36.6 Å². The maximum Gasteiger partial charge on any atom is 0.241 e. The zero-order chi connectivity index (χ0) is 17.5. The van der Waals surface area contributed by atoms with Crippen LogP contribution in [-0.4, -0.2) is 18.4 Å². The number of amides is 2. The van der Waals surface area contributed by atoms with E-state index in [2.05, 4.69) is 10.6 Å². The molecule has 1 atom stereocenters. The Kier molecular flexibility index (Phi) is 6.09. The average molecular weight is 325 g/mol. The van der Waals surface area contributed by atoms with Crippen LogP contribution in [0.2, 0.25) is 0 Å². The number of nitrogens with one attached hydrogen (secondary N) is 2. The number of rotatable bonds is 6. The lowest BCUT2D eigenvalue weighted by atomic mass is 10.1. The third kappa shape index (κ3) is 5.21. The second-order valence-electron chi connectivity index (χ2n) is 5.81. The number of nitrogens with two attached hydrogens (primary N) is 1. The Labute approximate surface area is 142 Å². The van der Waals surface area contributed by atoms with Gasteiger partial charge in [0.2, 0.25) is 11.8 Å². The molecule has 2 rings (SSSR count). The van der Waals surface area contributed by atoms with E-state index in [0.717, 1.165) is 22.4 Å². The first-order valence-corrected chi connectivity index (χ1v) is 7.92.